The number of benzene rings is 1. The molecule has 1 heterocycles. The summed E-state index contributed by atoms with van der Waals surface area (Å²) in [5, 5.41) is 13.9. The van der Waals surface area contributed by atoms with Gasteiger partial charge in [0.1, 0.15) is 5.82 Å². The van der Waals surface area contributed by atoms with Gasteiger partial charge in [0.15, 0.2) is 0 Å². The SMILES string of the molecule is CCc1ccsc1CNc1cc(F)c(C(=O)O)cc1N. The highest BCUT2D eigenvalue weighted by atomic mass is 32.1. The van der Waals surface area contributed by atoms with Crippen molar-refractivity contribution >= 4 is 28.7 Å². The van der Waals surface area contributed by atoms with Crippen molar-refractivity contribution in [2.75, 3.05) is 11.1 Å². The Morgan fingerprint density at radius 3 is 2.90 bits per heavy atom. The molecule has 106 valence electrons. The maximum atomic E-state index is 13.6. The minimum absolute atomic E-state index is 0.221. The molecule has 4 nitrogen and oxygen atoms in total. The first kappa shape index (κ1) is 14.3. The monoisotopic (exact) mass is 294 g/mol. The molecule has 0 saturated heterocycles. The minimum Gasteiger partial charge on any atom is -0.478 e. The van der Waals surface area contributed by atoms with Crippen molar-refractivity contribution in [3.63, 3.8) is 0 Å². The molecule has 2 rings (SSSR count). The molecule has 1 aromatic heterocycles. The van der Waals surface area contributed by atoms with Crippen LogP contribution < -0.4 is 11.1 Å². The van der Waals surface area contributed by atoms with E-state index >= 15 is 0 Å². The maximum absolute atomic E-state index is 13.6. The minimum atomic E-state index is -1.33. The molecule has 20 heavy (non-hydrogen) atoms. The molecule has 1 aromatic carbocycles. The molecule has 4 N–H and O–H groups in total. The van der Waals surface area contributed by atoms with Crippen LogP contribution in [0.4, 0.5) is 15.8 Å². The van der Waals surface area contributed by atoms with E-state index in [0.717, 1.165) is 23.4 Å². The molecule has 0 spiro atoms. The van der Waals surface area contributed by atoms with Crippen molar-refractivity contribution in [3.05, 3.63) is 45.4 Å². The van der Waals surface area contributed by atoms with E-state index in [9.17, 15) is 9.18 Å². The number of aromatic carboxylic acids is 1. The summed E-state index contributed by atoms with van der Waals surface area (Å²) < 4.78 is 13.6. The number of halogens is 1. The first-order valence-electron chi connectivity index (χ1n) is 6.14. The summed E-state index contributed by atoms with van der Waals surface area (Å²) in [5.41, 5.74) is 7.20. The molecule has 0 aliphatic rings. The zero-order valence-corrected chi connectivity index (χ0v) is 11.8. The van der Waals surface area contributed by atoms with Crippen LogP contribution in [0.3, 0.4) is 0 Å². The zero-order valence-electron chi connectivity index (χ0n) is 10.9. The van der Waals surface area contributed by atoms with Gasteiger partial charge in [0.2, 0.25) is 0 Å². The van der Waals surface area contributed by atoms with Crippen molar-refractivity contribution in [1.82, 2.24) is 0 Å². The standard InChI is InChI=1S/C14H15FN2O2S/c1-2-8-3-4-20-13(8)7-17-12-6-10(15)9(14(18)19)5-11(12)16/h3-6,17H,2,7,16H2,1H3,(H,18,19). The fourth-order valence-electron chi connectivity index (χ4n) is 1.92. The normalized spacial score (nSPS) is 10.5. The first-order valence-corrected chi connectivity index (χ1v) is 7.02. The lowest BCUT2D eigenvalue weighted by molar-refractivity contribution is 0.0692. The van der Waals surface area contributed by atoms with E-state index in [0.29, 0.717) is 12.2 Å². The number of hydrogen-bond donors (Lipinski definition) is 3. The largest absolute Gasteiger partial charge is 0.478 e. The Bertz CT molecular complexity index is 640. The summed E-state index contributed by atoms with van der Waals surface area (Å²) in [6.45, 7) is 2.61. The second-order valence-corrected chi connectivity index (χ2v) is 5.30. The molecule has 0 amide bonds. The Morgan fingerprint density at radius 2 is 2.25 bits per heavy atom. The molecule has 0 radical (unpaired) electrons. The molecule has 0 bridgehead atoms. The van der Waals surface area contributed by atoms with Crippen LogP contribution >= 0.6 is 11.3 Å². The molecular formula is C14H15FN2O2S. The molecular weight excluding hydrogens is 279 g/mol. The summed E-state index contributed by atoms with van der Waals surface area (Å²) in [4.78, 5) is 12.0. The number of hydrogen-bond acceptors (Lipinski definition) is 4. The van der Waals surface area contributed by atoms with Crippen molar-refractivity contribution < 1.29 is 14.3 Å². The topological polar surface area (TPSA) is 75.3 Å². The van der Waals surface area contributed by atoms with Crippen LogP contribution in [0.25, 0.3) is 0 Å². The van der Waals surface area contributed by atoms with Gasteiger partial charge in [-0.05, 0) is 35.6 Å². The third-order valence-corrected chi connectivity index (χ3v) is 3.99. The molecule has 2 aromatic rings. The van der Waals surface area contributed by atoms with Crippen LogP contribution in [0.5, 0.6) is 0 Å². The number of thiophene rings is 1. The third kappa shape index (κ3) is 2.91. The average Bonchev–Trinajstić information content (AvgIpc) is 2.86. The molecule has 0 saturated carbocycles. The number of nitrogen functional groups attached to an aromatic ring is 1. The van der Waals surface area contributed by atoms with Gasteiger partial charge in [-0.1, -0.05) is 6.92 Å². The fraction of sp³-hybridized carbons (Fsp3) is 0.214. The number of aryl methyl sites for hydroxylation is 1. The Kier molecular flexibility index (Phi) is 4.24. The summed E-state index contributed by atoms with van der Waals surface area (Å²) in [6, 6.07) is 4.31. The predicted molar refractivity (Wildman–Crippen MR) is 78.8 cm³/mol. The van der Waals surface area contributed by atoms with E-state index < -0.39 is 17.3 Å². The van der Waals surface area contributed by atoms with Crippen molar-refractivity contribution in [2.45, 2.75) is 19.9 Å². The Labute approximate surface area is 120 Å². The van der Waals surface area contributed by atoms with Gasteiger partial charge in [-0.15, -0.1) is 11.3 Å². The van der Waals surface area contributed by atoms with Gasteiger partial charge >= 0.3 is 5.97 Å². The lowest BCUT2D eigenvalue weighted by Crippen LogP contribution is -2.07. The maximum Gasteiger partial charge on any atom is 0.338 e. The van der Waals surface area contributed by atoms with Crippen molar-refractivity contribution in [3.8, 4) is 0 Å². The summed E-state index contributed by atoms with van der Waals surface area (Å²) in [7, 11) is 0. The third-order valence-electron chi connectivity index (χ3n) is 3.03. The van der Waals surface area contributed by atoms with E-state index in [1.807, 2.05) is 5.38 Å². The van der Waals surface area contributed by atoms with E-state index in [4.69, 9.17) is 10.8 Å². The molecule has 0 aliphatic carbocycles. The van der Waals surface area contributed by atoms with Crippen LogP contribution in [-0.2, 0) is 13.0 Å². The second-order valence-electron chi connectivity index (χ2n) is 4.30. The molecule has 0 fully saturated rings. The Balaban J connectivity index is 2.18. The Morgan fingerprint density at radius 1 is 1.50 bits per heavy atom. The lowest BCUT2D eigenvalue weighted by atomic mass is 10.1. The molecule has 0 unspecified atom stereocenters. The zero-order chi connectivity index (χ0) is 14.7. The van der Waals surface area contributed by atoms with E-state index in [-0.39, 0.29) is 5.69 Å². The number of rotatable bonds is 5. The van der Waals surface area contributed by atoms with Crippen LogP contribution in [-0.4, -0.2) is 11.1 Å². The quantitative estimate of drug-likeness (QED) is 0.739. The van der Waals surface area contributed by atoms with Gasteiger partial charge in [-0.25, -0.2) is 9.18 Å². The van der Waals surface area contributed by atoms with Gasteiger partial charge in [0.05, 0.1) is 16.9 Å². The number of anilines is 2. The summed E-state index contributed by atoms with van der Waals surface area (Å²) in [5.74, 6) is -2.12. The lowest BCUT2D eigenvalue weighted by Gasteiger charge is -2.11. The number of carboxylic acids is 1. The first-order chi connectivity index (χ1) is 9.52. The van der Waals surface area contributed by atoms with Crippen molar-refractivity contribution in [2.24, 2.45) is 0 Å². The second kappa shape index (κ2) is 5.92. The highest BCUT2D eigenvalue weighted by molar-refractivity contribution is 7.10. The van der Waals surface area contributed by atoms with Gasteiger partial charge in [0.25, 0.3) is 0 Å². The van der Waals surface area contributed by atoms with Gasteiger partial charge in [-0.3, -0.25) is 0 Å². The van der Waals surface area contributed by atoms with Gasteiger partial charge in [-0.2, -0.15) is 0 Å². The van der Waals surface area contributed by atoms with Crippen LogP contribution in [0.2, 0.25) is 0 Å². The van der Waals surface area contributed by atoms with Crippen LogP contribution in [0.1, 0.15) is 27.7 Å². The number of nitrogens with two attached hydrogens (primary N) is 1. The summed E-state index contributed by atoms with van der Waals surface area (Å²) >= 11 is 1.62. The average molecular weight is 294 g/mol. The van der Waals surface area contributed by atoms with Crippen LogP contribution in [0.15, 0.2) is 23.6 Å². The highest BCUT2D eigenvalue weighted by Crippen LogP contribution is 2.25. The van der Waals surface area contributed by atoms with Crippen LogP contribution in [0, 0.1) is 5.82 Å². The highest BCUT2D eigenvalue weighted by Gasteiger charge is 2.14. The van der Waals surface area contributed by atoms with Crippen molar-refractivity contribution in [1.29, 1.82) is 0 Å². The fourth-order valence-corrected chi connectivity index (χ4v) is 2.84. The van der Waals surface area contributed by atoms with E-state index in [2.05, 4.69) is 18.3 Å². The summed E-state index contributed by atoms with van der Waals surface area (Å²) in [6.07, 6.45) is 0.933. The number of carboxylic acid groups (broad SMARTS) is 1. The number of carbonyl (C=O) groups is 1. The molecule has 0 aliphatic heterocycles. The van der Waals surface area contributed by atoms with Gasteiger partial charge in [0, 0.05) is 11.4 Å². The molecule has 6 heteroatoms. The van der Waals surface area contributed by atoms with E-state index in [1.165, 1.54) is 5.56 Å². The Hall–Kier alpha value is -2.08. The van der Waals surface area contributed by atoms with E-state index in [1.54, 1.807) is 11.3 Å². The predicted octanol–water partition coefficient (Wildman–Crippen LogP) is 3.34. The smallest absolute Gasteiger partial charge is 0.338 e. The number of nitrogens with one attached hydrogen (secondary N) is 1. The molecule has 0 atom stereocenters. The van der Waals surface area contributed by atoms with Gasteiger partial charge < -0.3 is 16.2 Å².